The molecule has 114 valence electrons. The summed E-state index contributed by atoms with van der Waals surface area (Å²) < 4.78 is 13.3. The fraction of sp³-hybridized carbons (Fsp3) is 0.278. The summed E-state index contributed by atoms with van der Waals surface area (Å²) in [5, 5.41) is 0. The van der Waals surface area contributed by atoms with Gasteiger partial charge in [0, 0.05) is 12.1 Å². The lowest BCUT2D eigenvalue weighted by Gasteiger charge is -2.14. The minimum absolute atomic E-state index is 0.330. The molecule has 1 heterocycles. The summed E-state index contributed by atoms with van der Waals surface area (Å²) in [6, 6.07) is 16.1. The normalized spacial score (nSPS) is 11.1. The van der Waals surface area contributed by atoms with Crippen LogP contribution in [0.15, 0.2) is 48.5 Å². The Balaban J connectivity index is 1.88. The molecule has 0 saturated heterocycles. The highest BCUT2D eigenvalue weighted by Crippen LogP contribution is 2.23. The molecule has 0 amide bonds. The second kappa shape index (κ2) is 6.10. The number of rotatable bonds is 5. The maximum atomic E-state index is 5.89. The molecule has 0 aliphatic heterocycles. The first-order chi connectivity index (χ1) is 10.7. The lowest BCUT2D eigenvalue weighted by Crippen LogP contribution is -2.09. The van der Waals surface area contributed by atoms with Crippen molar-refractivity contribution in [3.05, 3.63) is 54.4 Å². The van der Waals surface area contributed by atoms with Crippen molar-refractivity contribution in [3.8, 4) is 11.5 Å². The molecule has 4 nitrogen and oxygen atoms in total. The third-order valence-electron chi connectivity index (χ3n) is 3.59. The summed E-state index contributed by atoms with van der Waals surface area (Å²) in [7, 11) is 1.65. The van der Waals surface area contributed by atoms with Crippen molar-refractivity contribution in [2.75, 3.05) is 7.11 Å². The summed E-state index contributed by atoms with van der Waals surface area (Å²) in [6.07, 6.45) is 0. The van der Waals surface area contributed by atoms with Gasteiger partial charge in [0.25, 0.3) is 0 Å². The van der Waals surface area contributed by atoms with Crippen LogP contribution in [0.5, 0.6) is 11.5 Å². The molecule has 3 aromatic rings. The minimum Gasteiger partial charge on any atom is -0.497 e. The standard InChI is InChI=1S/C18H20N2O2/c1-13(2)20-17-10-5-4-9-16(17)19-18(20)12-22-15-8-6-7-14(11-15)21-3/h4-11,13H,12H2,1-3H3. The highest BCUT2D eigenvalue weighted by Gasteiger charge is 2.13. The smallest absolute Gasteiger partial charge is 0.148 e. The molecule has 22 heavy (non-hydrogen) atoms. The Kier molecular flexibility index (Phi) is 4.00. The van der Waals surface area contributed by atoms with Crippen LogP contribution in [-0.2, 0) is 6.61 Å². The van der Waals surface area contributed by atoms with E-state index < -0.39 is 0 Å². The number of ether oxygens (including phenoxy) is 2. The highest BCUT2D eigenvalue weighted by molar-refractivity contribution is 5.76. The summed E-state index contributed by atoms with van der Waals surface area (Å²) in [6.45, 7) is 4.74. The molecule has 1 aromatic heterocycles. The Bertz CT molecular complexity index is 778. The first-order valence-electron chi connectivity index (χ1n) is 7.41. The Morgan fingerprint density at radius 2 is 1.82 bits per heavy atom. The van der Waals surface area contributed by atoms with E-state index >= 15 is 0 Å². The van der Waals surface area contributed by atoms with E-state index in [2.05, 4.69) is 24.5 Å². The van der Waals surface area contributed by atoms with Crippen molar-refractivity contribution in [2.45, 2.75) is 26.5 Å². The summed E-state index contributed by atoms with van der Waals surface area (Å²) in [5.41, 5.74) is 2.14. The van der Waals surface area contributed by atoms with Crippen LogP contribution in [0.3, 0.4) is 0 Å². The zero-order valence-electron chi connectivity index (χ0n) is 13.1. The van der Waals surface area contributed by atoms with Gasteiger partial charge in [-0.05, 0) is 38.1 Å². The summed E-state index contributed by atoms with van der Waals surface area (Å²) in [4.78, 5) is 4.70. The quantitative estimate of drug-likeness (QED) is 0.708. The number of aromatic nitrogens is 2. The zero-order chi connectivity index (χ0) is 15.5. The molecule has 0 aliphatic carbocycles. The topological polar surface area (TPSA) is 36.3 Å². The van der Waals surface area contributed by atoms with Gasteiger partial charge >= 0.3 is 0 Å². The fourth-order valence-electron chi connectivity index (χ4n) is 2.61. The van der Waals surface area contributed by atoms with Gasteiger partial charge in [-0.25, -0.2) is 4.98 Å². The number of benzene rings is 2. The van der Waals surface area contributed by atoms with Crippen LogP contribution in [0.4, 0.5) is 0 Å². The molecule has 0 fully saturated rings. The molecular weight excluding hydrogens is 276 g/mol. The largest absolute Gasteiger partial charge is 0.497 e. The highest BCUT2D eigenvalue weighted by atomic mass is 16.5. The maximum Gasteiger partial charge on any atom is 0.148 e. The van der Waals surface area contributed by atoms with Crippen molar-refractivity contribution >= 4 is 11.0 Å². The van der Waals surface area contributed by atoms with Crippen molar-refractivity contribution in [1.82, 2.24) is 9.55 Å². The van der Waals surface area contributed by atoms with Gasteiger partial charge < -0.3 is 14.0 Å². The minimum atomic E-state index is 0.330. The second-order valence-corrected chi connectivity index (χ2v) is 5.45. The van der Waals surface area contributed by atoms with Crippen molar-refractivity contribution in [1.29, 1.82) is 0 Å². The Morgan fingerprint density at radius 3 is 2.59 bits per heavy atom. The van der Waals surface area contributed by atoms with Crippen LogP contribution in [0.1, 0.15) is 25.7 Å². The molecule has 0 spiro atoms. The maximum absolute atomic E-state index is 5.89. The summed E-state index contributed by atoms with van der Waals surface area (Å²) in [5.74, 6) is 2.50. The van der Waals surface area contributed by atoms with Crippen LogP contribution in [-0.4, -0.2) is 16.7 Å². The van der Waals surface area contributed by atoms with E-state index in [1.165, 1.54) is 0 Å². The number of para-hydroxylation sites is 2. The number of methoxy groups -OCH3 is 1. The van der Waals surface area contributed by atoms with Gasteiger partial charge in [0.15, 0.2) is 0 Å². The average molecular weight is 296 g/mol. The molecule has 2 aromatic carbocycles. The monoisotopic (exact) mass is 296 g/mol. The van der Waals surface area contributed by atoms with Crippen molar-refractivity contribution < 1.29 is 9.47 Å². The lowest BCUT2D eigenvalue weighted by atomic mass is 10.3. The Morgan fingerprint density at radius 1 is 1.05 bits per heavy atom. The Hall–Kier alpha value is -2.49. The van der Waals surface area contributed by atoms with E-state index in [4.69, 9.17) is 14.5 Å². The SMILES string of the molecule is COc1cccc(OCc2nc3ccccc3n2C(C)C)c1. The van der Waals surface area contributed by atoms with Crippen LogP contribution in [0, 0.1) is 0 Å². The van der Waals surface area contributed by atoms with Gasteiger partial charge in [0.2, 0.25) is 0 Å². The Labute approximate surface area is 130 Å². The van der Waals surface area contributed by atoms with Crippen LogP contribution in [0.25, 0.3) is 11.0 Å². The van der Waals surface area contributed by atoms with E-state index in [0.717, 1.165) is 28.4 Å². The number of fused-ring (bicyclic) bond motifs is 1. The predicted molar refractivity (Wildman–Crippen MR) is 87.4 cm³/mol. The van der Waals surface area contributed by atoms with Gasteiger partial charge in [0.1, 0.15) is 23.9 Å². The number of imidazole rings is 1. The molecule has 4 heteroatoms. The van der Waals surface area contributed by atoms with Gasteiger partial charge in [-0.15, -0.1) is 0 Å². The predicted octanol–water partition coefficient (Wildman–Crippen LogP) is 4.20. The van der Waals surface area contributed by atoms with E-state index in [1.807, 2.05) is 42.5 Å². The van der Waals surface area contributed by atoms with E-state index in [0.29, 0.717) is 12.6 Å². The van der Waals surface area contributed by atoms with E-state index in [1.54, 1.807) is 7.11 Å². The lowest BCUT2D eigenvalue weighted by molar-refractivity contribution is 0.285. The molecule has 0 aliphatic rings. The van der Waals surface area contributed by atoms with Gasteiger partial charge in [-0.1, -0.05) is 18.2 Å². The van der Waals surface area contributed by atoms with Crippen LogP contribution < -0.4 is 9.47 Å². The molecule has 0 bridgehead atoms. The molecule has 0 radical (unpaired) electrons. The van der Waals surface area contributed by atoms with Gasteiger partial charge in [-0.2, -0.15) is 0 Å². The summed E-state index contributed by atoms with van der Waals surface area (Å²) >= 11 is 0. The van der Waals surface area contributed by atoms with Gasteiger partial charge in [-0.3, -0.25) is 0 Å². The molecular formula is C18H20N2O2. The molecule has 0 atom stereocenters. The first kappa shape index (κ1) is 14.4. The van der Waals surface area contributed by atoms with Crippen molar-refractivity contribution in [3.63, 3.8) is 0 Å². The van der Waals surface area contributed by atoms with Crippen LogP contribution in [0.2, 0.25) is 0 Å². The van der Waals surface area contributed by atoms with Crippen LogP contribution >= 0.6 is 0 Å². The third-order valence-corrected chi connectivity index (χ3v) is 3.59. The third kappa shape index (κ3) is 2.77. The van der Waals surface area contributed by atoms with E-state index in [-0.39, 0.29) is 0 Å². The number of nitrogens with zero attached hydrogens (tertiary/aromatic N) is 2. The van der Waals surface area contributed by atoms with E-state index in [9.17, 15) is 0 Å². The molecule has 0 N–H and O–H groups in total. The molecule has 3 rings (SSSR count). The van der Waals surface area contributed by atoms with Crippen molar-refractivity contribution in [2.24, 2.45) is 0 Å². The first-order valence-corrected chi connectivity index (χ1v) is 7.41. The second-order valence-electron chi connectivity index (χ2n) is 5.45. The fourth-order valence-corrected chi connectivity index (χ4v) is 2.61. The zero-order valence-corrected chi connectivity index (χ0v) is 13.1. The number of hydrogen-bond donors (Lipinski definition) is 0. The molecule has 0 unspecified atom stereocenters. The average Bonchev–Trinajstić information content (AvgIpc) is 2.91. The molecule has 0 saturated carbocycles. The van der Waals surface area contributed by atoms with Gasteiger partial charge in [0.05, 0.1) is 18.1 Å². The number of hydrogen-bond acceptors (Lipinski definition) is 3.